The smallest absolute Gasteiger partial charge is 0.321 e. The first-order chi connectivity index (χ1) is 9.71. The second kappa shape index (κ2) is 6.92. The molecule has 0 aliphatic carbocycles. The SMILES string of the molecule is COC(=O)CN(C(C)C)S(=O)(=O)c1cccnc1C(N)=S. The van der Waals surface area contributed by atoms with Crippen molar-refractivity contribution in [2.24, 2.45) is 5.73 Å². The number of rotatable bonds is 6. The molecule has 0 radical (unpaired) electrons. The third-order valence-electron chi connectivity index (χ3n) is 2.68. The molecule has 21 heavy (non-hydrogen) atoms. The van der Waals surface area contributed by atoms with Crippen LogP contribution in [0.15, 0.2) is 23.2 Å². The predicted octanol–water partition coefficient (Wildman–Crippen LogP) is 0.288. The molecule has 1 aromatic heterocycles. The molecule has 0 saturated heterocycles. The van der Waals surface area contributed by atoms with Gasteiger partial charge in [-0.15, -0.1) is 0 Å². The normalized spacial score (nSPS) is 11.7. The van der Waals surface area contributed by atoms with E-state index in [4.69, 9.17) is 18.0 Å². The highest BCUT2D eigenvalue weighted by Crippen LogP contribution is 2.20. The number of methoxy groups -OCH3 is 1. The Balaban J connectivity index is 3.37. The Kier molecular flexibility index (Phi) is 5.76. The molecule has 0 saturated carbocycles. The van der Waals surface area contributed by atoms with Crippen LogP contribution in [-0.4, -0.2) is 48.4 Å². The summed E-state index contributed by atoms with van der Waals surface area (Å²) in [6.45, 7) is 2.90. The summed E-state index contributed by atoms with van der Waals surface area (Å²) >= 11 is 4.82. The first-order valence-corrected chi connectivity index (χ1v) is 7.90. The Morgan fingerprint density at radius 1 is 1.52 bits per heavy atom. The van der Waals surface area contributed by atoms with Crippen LogP contribution in [0.1, 0.15) is 19.5 Å². The van der Waals surface area contributed by atoms with Crippen LogP contribution in [0.5, 0.6) is 0 Å². The summed E-state index contributed by atoms with van der Waals surface area (Å²) in [6, 6.07) is 2.36. The molecule has 1 rings (SSSR count). The number of esters is 1. The van der Waals surface area contributed by atoms with Gasteiger partial charge in [0.15, 0.2) is 0 Å². The Hall–Kier alpha value is -1.58. The molecule has 0 unspecified atom stereocenters. The van der Waals surface area contributed by atoms with Crippen molar-refractivity contribution in [2.75, 3.05) is 13.7 Å². The predicted molar refractivity (Wildman–Crippen MR) is 81.2 cm³/mol. The fourth-order valence-electron chi connectivity index (χ4n) is 1.65. The third kappa shape index (κ3) is 3.96. The molecule has 7 nitrogen and oxygen atoms in total. The van der Waals surface area contributed by atoms with Gasteiger partial charge in [-0.2, -0.15) is 4.31 Å². The average molecular weight is 331 g/mol. The molecule has 0 aliphatic rings. The van der Waals surface area contributed by atoms with E-state index in [1.165, 1.54) is 25.4 Å². The maximum atomic E-state index is 12.7. The Morgan fingerprint density at radius 3 is 2.62 bits per heavy atom. The zero-order chi connectivity index (χ0) is 16.2. The number of ether oxygens (including phenoxy) is 1. The molecule has 0 aliphatic heterocycles. The van der Waals surface area contributed by atoms with Crippen LogP contribution in [0, 0.1) is 0 Å². The van der Waals surface area contributed by atoms with Gasteiger partial charge in [0.05, 0.1) is 7.11 Å². The summed E-state index contributed by atoms with van der Waals surface area (Å²) < 4.78 is 31.0. The van der Waals surface area contributed by atoms with Gasteiger partial charge in [0, 0.05) is 12.2 Å². The zero-order valence-electron chi connectivity index (χ0n) is 11.9. The van der Waals surface area contributed by atoms with E-state index in [1.807, 2.05) is 0 Å². The van der Waals surface area contributed by atoms with Gasteiger partial charge in [-0.3, -0.25) is 9.78 Å². The highest BCUT2D eigenvalue weighted by atomic mass is 32.2. The van der Waals surface area contributed by atoms with Crippen LogP contribution in [0.3, 0.4) is 0 Å². The van der Waals surface area contributed by atoms with Gasteiger partial charge in [0.25, 0.3) is 0 Å². The van der Waals surface area contributed by atoms with Crippen molar-refractivity contribution in [3.05, 3.63) is 24.0 Å². The third-order valence-corrected chi connectivity index (χ3v) is 4.93. The maximum Gasteiger partial charge on any atom is 0.321 e. The van der Waals surface area contributed by atoms with Crippen LogP contribution >= 0.6 is 12.2 Å². The molecule has 2 N–H and O–H groups in total. The van der Waals surface area contributed by atoms with Gasteiger partial charge >= 0.3 is 5.97 Å². The quantitative estimate of drug-likeness (QED) is 0.590. The molecule has 0 atom stereocenters. The first kappa shape index (κ1) is 17.5. The number of nitrogens with zero attached hydrogens (tertiary/aromatic N) is 2. The van der Waals surface area contributed by atoms with Crippen LogP contribution in [0.25, 0.3) is 0 Å². The maximum absolute atomic E-state index is 12.7. The standard InChI is InChI=1S/C12H17N3O4S2/c1-8(2)15(7-10(16)19-3)21(17,18)9-5-4-6-14-11(9)12(13)20/h4-6,8H,7H2,1-3H3,(H2,13,20). The van der Waals surface area contributed by atoms with Crippen molar-refractivity contribution in [1.29, 1.82) is 0 Å². The van der Waals surface area contributed by atoms with Crippen molar-refractivity contribution in [3.63, 3.8) is 0 Å². The number of aromatic nitrogens is 1. The molecule has 9 heteroatoms. The lowest BCUT2D eigenvalue weighted by Gasteiger charge is -2.25. The number of hydrogen-bond acceptors (Lipinski definition) is 6. The lowest BCUT2D eigenvalue weighted by atomic mass is 10.3. The second-order valence-electron chi connectivity index (χ2n) is 4.43. The summed E-state index contributed by atoms with van der Waals surface area (Å²) in [5.41, 5.74) is 5.51. The van der Waals surface area contributed by atoms with Crippen molar-refractivity contribution in [2.45, 2.75) is 24.8 Å². The minimum Gasteiger partial charge on any atom is -0.468 e. The van der Waals surface area contributed by atoms with Crippen LogP contribution < -0.4 is 5.73 Å². The number of carbonyl (C=O) groups excluding carboxylic acids is 1. The van der Waals surface area contributed by atoms with E-state index in [1.54, 1.807) is 13.8 Å². The van der Waals surface area contributed by atoms with Crippen molar-refractivity contribution < 1.29 is 17.9 Å². The topological polar surface area (TPSA) is 103 Å². The van der Waals surface area contributed by atoms with Gasteiger partial charge < -0.3 is 10.5 Å². The number of hydrogen-bond donors (Lipinski definition) is 1. The van der Waals surface area contributed by atoms with Gasteiger partial charge in [0.1, 0.15) is 22.1 Å². The second-order valence-corrected chi connectivity index (χ2v) is 6.73. The molecular formula is C12H17N3O4S2. The number of pyridine rings is 1. The van der Waals surface area contributed by atoms with Gasteiger partial charge in [0.2, 0.25) is 10.0 Å². The Morgan fingerprint density at radius 2 is 2.14 bits per heavy atom. The molecule has 0 aromatic carbocycles. The van der Waals surface area contributed by atoms with Crippen LogP contribution in [-0.2, 0) is 19.6 Å². The number of thiocarbonyl (C=S) groups is 1. The van der Waals surface area contributed by atoms with Gasteiger partial charge in [-0.25, -0.2) is 8.42 Å². The summed E-state index contributed by atoms with van der Waals surface area (Å²) in [5, 5.41) is 0. The summed E-state index contributed by atoms with van der Waals surface area (Å²) in [4.78, 5) is 15.1. The van der Waals surface area contributed by atoms with Gasteiger partial charge in [-0.05, 0) is 26.0 Å². The van der Waals surface area contributed by atoms with E-state index in [0.29, 0.717) is 0 Å². The van der Waals surface area contributed by atoms with Gasteiger partial charge in [-0.1, -0.05) is 12.2 Å². The fraction of sp³-hybridized carbons (Fsp3) is 0.417. The highest BCUT2D eigenvalue weighted by Gasteiger charge is 2.32. The molecule has 0 amide bonds. The molecule has 1 aromatic rings. The number of nitrogens with two attached hydrogens (primary N) is 1. The average Bonchev–Trinajstić information content (AvgIpc) is 2.43. The molecule has 0 bridgehead atoms. The largest absolute Gasteiger partial charge is 0.468 e. The van der Waals surface area contributed by atoms with Crippen LogP contribution in [0.2, 0.25) is 0 Å². The molecular weight excluding hydrogens is 314 g/mol. The highest BCUT2D eigenvalue weighted by molar-refractivity contribution is 7.89. The Labute approximate surface area is 129 Å². The Bertz CT molecular complexity index is 644. The van der Waals surface area contributed by atoms with E-state index < -0.39 is 28.6 Å². The summed E-state index contributed by atoms with van der Waals surface area (Å²) in [5.74, 6) is -0.659. The molecule has 0 spiro atoms. The van der Waals surface area contributed by atoms with E-state index in [9.17, 15) is 13.2 Å². The summed E-state index contributed by atoms with van der Waals surface area (Å²) in [6.07, 6.45) is 1.40. The van der Waals surface area contributed by atoms with Crippen molar-refractivity contribution >= 4 is 33.2 Å². The lowest BCUT2D eigenvalue weighted by Crippen LogP contribution is -2.41. The van der Waals surface area contributed by atoms with Crippen LogP contribution in [0.4, 0.5) is 0 Å². The van der Waals surface area contributed by atoms with E-state index >= 15 is 0 Å². The minimum absolute atomic E-state index is 0.00279. The number of carbonyl (C=O) groups is 1. The zero-order valence-corrected chi connectivity index (χ0v) is 13.6. The molecule has 1 heterocycles. The monoisotopic (exact) mass is 331 g/mol. The first-order valence-electron chi connectivity index (χ1n) is 6.05. The summed E-state index contributed by atoms with van der Waals surface area (Å²) in [7, 11) is -2.79. The van der Waals surface area contributed by atoms with Crippen molar-refractivity contribution in [1.82, 2.24) is 9.29 Å². The lowest BCUT2D eigenvalue weighted by molar-refractivity contribution is -0.141. The van der Waals surface area contributed by atoms with Crippen molar-refractivity contribution in [3.8, 4) is 0 Å². The number of sulfonamides is 1. The van der Waals surface area contributed by atoms with E-state index in [0.717, 1.165) is 4.31 Å². The molecule has 0 fully saturated rings. The molecule has 116 valence electrons. The minimum atomic E-state index is -3.98. The fourth-order valence-corrected chi connectivity index (χ4v) is 3.61. The van der Waals surface area contributed by atoms with E-state index in [2.05, 4.69) is 9.72 Å². The van der Waals surface area contributed by atoms with E-state index in [-0.39, 0.29) is 15.6 Å².